The van der Waals surface area contributed by atoms with E-state index in [0.717, 1.165) is 16.7 Å². The molecule has 0 radical (unpaired) electrons. The van der Waals surface area contributed by atoms with Crippen LogP contribution in [0, 0.1) is 5.82 Å². The van der Waals surface area contributed by atoms with Gasteiger partial charge in [0.1, 0.15) is 11.7 Å². The van der Waals surface area contributed by atoms with Crippen molar-refractivity contribution in [1.29, 1.82) is 0 Å². The molecule has 0 fully saturated rings. The number of halogens is 2. The first kappa shape index (κ1) is 12.2. The summed E-state index contributed by atoms with van der Waals surface area (Å²) in [6.07, 6.45) is 0.471. The van der Waals surface area contributed by atoms with Crippen LogP contribution in [0.15, 0.2) is 41.4 Å². The minimum Gasteiger partial charge on any atom is -0.383 e. The van der Waals surface area contributed by atoms with Gasteiger partial charge in [-0.25, -0.2) is 4.39 Å². The molecule has 0 aromatic heterocycles. The molecule has 0 bridgehead atoms. The van der Waals surface area contributed by atoms with Crippen molar-refractivity contribution in [3.63, 3.8) is 0 Å². The Balaban J connectivity index is 1.93. The third kappa shape index (κ3) is 2.22. The van der Waals surface area contributed by atoms with Gasteiger partial charge in [0.2, 0.25) is 0 Å². The average molecular weight is 275 g/mol. The van der Waals surface area contributed by atoms with Gasteiger partial charge >= 0.3 is 0 Å². The first-order chi connectivity index (χ1) is 9.15. The normalized spacial score (nSPS) is 13.3. The molecule has 96 valence electrons. The smallest absolute Gasteiger partial charge is 0.128 e. The third-order valence-corrected chi connectivity index (χ3v) is 3.66. The van der Waals surface area contributed by atoms with E-state index in [9.17, 15) is 4.39 Å². The molecule has 2 nitrogen and oxygen atoms in total. The Hall–Kier alpha value is -1.87. The Morgan fingerprint density at radius 3 is 2.89 bits per heavy atom. The van der Waals surface area contributed by atoms with E-state index in [2.05, 4.69) is 4.99 Å². The lowest BCUT2D eigenvalue weighted by Crippen LogP contribution is -2.10. The number of fused-ring (bicyclic) bond motifs is 1. The molecule has 1 heterocycles. The van der Waals surface area contributed by atoms with Gasteiger partial charge in [0.15, 0.2) is 0 Å². The van der Waals surface area contributed by atoms with E-state index in [0.29, 0.717) is 29.4 Å². The van der Waals surface area contributed by atoms with E-state index >= 15 is 0 Å². The summed E-state index contributed by atoms with van der Waals surface area (Å²) in [5.41, 5.74) is 9.36. The zero-order chi connectivity index (χ0) is 13.4. The summed E-state index contributed by atoms with van der Waals surface area (Å²) in [6, 6.07) is 10.6. The van der Waals surface area contributed by atoms with Crippen molar-refractivity contribution in [3.05, 3.63) is 69.5 Å². The van der Waals surface area contributed by atoms with Crippen LogP contribution < -0.4 is 5.73 Å². The van der Waals surface area contributed by atoms with Crippen molar-refractivity contribution >= 4 is 17.4 Å². The van der Waals surface area contributed by atoms with Gasteiger partial charge in [-0.15, -0.1) is 0 Å². The van der Waals surface area contributed by atoms with Crippen LogP contribution in [0.25, 0.3) is 0 Å². The largest absolute Gasteiger partial charge is 0.383 e. The summed E-state index contributed by atoms with van der Waals surface area (Å²) in [5, 5.41) is 0.455. The van der Waals surface area contributed by atoms with E-state index in [1.165, 1.54) is 6.07 Å². The zero-order valence-electron chi connectivity index (χ0n) is 10.2. The monoisotopic (exact) mass is 274 g/mol. The SMILES string of the molecule is NC1=NCc2cc(Cc3c(F)cccc3Cl)ccc21. The second kappa shape index (κ2) is 4.67. The highest BCUT2D eigenvalue weighted by molar-refractivity contribution is 6.31. The van der Waals surface area contributed by atoms with E-state index < -0.39 is 0 Å². The fourth-order valence-corrected chi connectivity index (χ4v) is 2.53. The maximum absolute atomic E-state index is 13.7. The Bertz CT molecular complexity index is 660. The van der Waals surface area contributed by atoms with Crippen molar-refractivity contribution in [2.45, 2.75) is 13.0 Å². The van der Waals surface area contributed by atoms with Crippen molar-refractivity contribution in [2.24, 2.45) is 10.7 Å². The summed E-state index contributed by atoms with van der Waals surface area (Å²) in [5.74, 6) is 0.300. The Labute approximate surface area is 115 Å². The molecule has 2 aromatic carbocycles. The molecule has 4 heteroatoms. The van der Waals surface area contributed by atoms with Gasteiger partial charge in [0, 0.05) is 22.6 Å². The van der Waals surface area contributed by atoms with Crippen molar-refractivity contribution in [1.82, 2.24) is 0 Å². The summed E-state index contributed by atoms with van der Waals surface area (Å²) >= 11 is 6.04. The Kier molecular flexibility index (Phi) is 2.99. The van der Waals surface area contributed by atoms with E-state index in [-0.39, 0.29) is 5.82 Å². The van der Waals surface area contributed by atoms with Crippen LogP contribution in [0.2, 0.25) is 5.02 Å². The molecule has 19 heavy (non-hydrogen) atoms. The number of amidine groups is 1. The lowest BCUT2D eigenvalue weighted by molar-refractivity contribution is 0.614. The first-order valence-electron chi connectivity index (χ1n) is 6.00. The lowest BCUT2D eigenvalue weighted by Gasteiger charge is -2.08. The summed E-state index contributed by atoms with van der Waals surface area (Å²) < 4.78 is 13.7. The molecular weight excluding hydrogens is 263 g/mol. The molecule has 0 atom stereocenters. The fraction of sp³-hybridized carbons (Fsp3) is 0.133. The van der Waals surface area contributed by atoms with Crippen LogP contribution in [0.4, 0.5) is 4.39 Å². The Morgan fingerprint density at radius 1 is 1.26 bits per heavy atom. The molecule has 1 aliphatic rings. The van der Waals surface area contributed by atoms with Gasteiger partial charge in [-0.1, -0.05) is 35.9 Å². The molecule has 0 aliphatic carbocycles. The second-order valence-electron chi connectivity index (χ2n) is 4.57. The highest BCUT2D eigenvalue weighted by Crippen LogP contribution is 2.25. The maximum atomic E-state index is 13.7. The highest BCUT2D eigenvalue weighted by atomic mass is 35.5. The predicted octanol–water partition coefficient (Wildman–Crippen LogP) is 3.29. The van der Waals surface area contributed by atoms with Crippen molar-refractivity contribution in [2.75, 3.05) is 0 Å². The number of rotatable bonds is 2. The first-order valence-corrected chi connectivity index (χ1v) is 6.38. The third-order valence-electron chi connectivity index (χ3n) is 3.31. The van der Waals surface area contributed by atoms with Crippen LogP contribution >= 0.6 is 11.6 Å². The molecule has 0 spiro atoms. The molecule has 1 aliphatic heterocycles. The van der Waals surface area contributed by atoms with Crippen LogP contribution in [-0.4, -0.2) is 5.84 Å². The fourth-order valence-electron chi connectivity index (χ4n) is 2.30. The maximum Gasteiger partial charge on any atom is 0.128 e. The van der Waals surface area contributed by atoms with Gasteiger partial charge in [-0.3, -0.25) is 4.99 Å². The molecule has 0 saturated heterocycles. The van der Waals surface area contributed by atoms with Crippen LogP contribution in [0.1, 0.15) is 22.3 Å². The van der Waals surface area contributed by atoms with E-state index in [4.69, 9.17) is 17.3 Å². The molecule has 3 rings (SSSR count). The predicted molar refractivity (Wildman–Crippen MR) is 75.1 cm³/mol. The average Bonchev–Trinajstić information content (AvgIpc) is 2.76. The van der Waals surface area contributed by atoms with Gasteiger partial charge in [0.05, 0.1) is 6.54 Å². The highest BCUT2D eigenvalue weighted by Gasteiger charge is 2.14. The number of benzene rings is 2. The number of nitrogens with zero attached hydrogens (tertiary/aromatic N) is 1. The molecule has 2 aromatic rings. The van der Waals surface area contributed by atoms with Crippen molar-refractivity contribution in [3.8, 4) is 0 Å². The quantitative estimate of drug-likeness (QED) is 0.897. The lowest BCUT2D eigenvalue weighted by atomic mass is 9.99. The standard InChI is InChI=1S/C15H12ClFN2/c16-13-2-1-3-14(17)12(13)7-9-4-5-11-10(6-9)8-19-15(11)18/h1-6H,7-8H2,(H2,18,19). The van der Waals surface area contributed by atoms with Crippen LogP contribution in [0.5, 0.6) is 0 Å². The van der Waals surface area contributed by atoms with Crippen LogP contribution in [-0.2, 0) is 13.0 Å². The van der Waals surface area contributed by atoms with Gasteiger partial charge in [-0.05, 0) is 23.3 Å². The second-order valence-corrected chi connectivity index (χ2v) is 4.98. The minimum absolute atomic E-state index is 0.274. The Morgan fingerprint density at radius 2 is 2.11 bits per heavy atom. The van der Waals surface area contributed by atoms with Gasteiger partial charge in [0.25, 0.3) is 0 Å². The summed E-state index contributed by atoms with van der Waals surface area (Å²) in [7, 11) is 0. The zero-order valence-corrected chi connectivity index (χ0v) is 10.9. The number of hydrogen-bond donors (Lipinski definition) is 1. The van der Waals surface area contributed by atoms with Crippen molar-refractivity contribution < 1.29 is 4.39 Å². The van der Waals surface area contributed by atoms with Crippen LogP contribution in [0.3, 0.4) is 0 Å². The topological polar surface area (TPSA) is 38.4 Å². The summed E-state index contributed by atoms with van der Waals surface area (Å²) in [4.78, 5) is 4.18. The number of hydrogen-bond acceptors (Lipinski definition) is 2. The summed E-state index contributed by atoms with van der Waals surface area (Å²) in [6.45, 7) is 0.597. The van der Waals surface area contributed by atoms with E-state index in [1.54, 1.807) is 12.1 Å². The van der Waals surface area contributed by atoms with E-state index in [1.807, 2.05) is 18.2 Å². The minimum atomic E-state index is -0.274. The molecule has 2 N–H and O–H groups in total. The number of nitrogens with two attached hydrogens (primary N) is 1. The molecule has 0 saturated carbocycles. The van der Waals surface area contributed by atoms with Gasteiger partial charge in [-0.2, -0.15) is 0 Å². The molecule has 0 unspecified atom stereocenters. The molecular formula is C15H12ClFN2. The number of aliphatic imine (C=N–C) groups is 1. The van der Waals surface area contributed by atoms with Gasteiger partial charge < -0.3 is 5.73 Å². The molecule has 0 amide bonds.